The summed E-state index contributed by atoms with van der Waals surface area (Å²) in [6.45, 7) is 0. The molecule has 1 aromatic carbocycles. The first-order valence-electron chi connectivity index (χ1n) is 5.60. The Hall–Kier alpha value is -2.74. The van der Waals surface area contributed by atoms with E-state index in [0.717, 1.165) is 10.7 Å². The molecule has 0 fully saturated rings. The maximum absolute atomic E-state index is 11.9. The standard InChI is InChI=1S/C12H8N4O3S/c17-8-6-9(18)16(7-4-2-1-3-5-7)15-10(8)11-13-14-12(20)19-11/h1-6,17H,(H,14,20). The first kappa shape index (κ1) is 12.3. The van der Waals surface area contributed by atoms with E-state index in [1.807, 2.05) is 6.07 Å². The number of aromatic hydroxyl groups is 1. The molecule has 0 radical (unpaired) electrons. The Bertz CT molecular complexity index is 866. The van der Waals surface area contributed by atoms with Crippen LogP contribution in [-0.2, 0) is 0 Å². The molecule has 0 amide bonds. The SMILES string of the molecule is O=c1cc(O)c(-c2n[nH]c(=S)o2)nn1-c1ccccc1. The predicted molar refractivity (Wildman–Crippen MR) is 72.2 cm³/mol. The number of nitrogens with zero attached hydrogens (tertiary/aromatic N) is 3. The minimum atomic E-state index is -0.466. The lowest BCUT2D eigenvalue weighted by molar-refractivity contribution is 0.463. The minimum absolute atomic E-state index is 0.0113. The van der Waals surface area contributed by atoms with E-state index in [9.17, 15) is 9.90 Å². The quantitative estimate of drug-likeness (QED) is 0.696. The number of hydrogen-bond donors (Lipinski definition) is 2. The normalized spacial score (nSPS) is 10.6. The van der Waals surface area contributed by atoms with Crippen molar-refractivity contribution < 1.29 is 9.52 Å². The molecule has 0 bridgehead atoms. The van der Waals surface area contributed by atoms with Crippen LogP contribution in [0.1, 0.15) is 0 Å². The molecule has 3 aromatic rings. The van der Waals surface area contributed by atoms with Crippen molar-refractivity contribution in [1.82, 2.24) is 20.0 Å². The zero-order chi connectivity index (χ0) is 14.1. The van der Waals surface area contributed by atoms with Crippen molar-refractivity contribution in [3.8, 4) is 23.0 Å². The molecule has 3 rings (SSSR count). The van der Waals surface area contributed by atoms with Gasteiger partial charge in [-0.2, -0.15) is 9.78 Å². The fourth-order valence-electron chi connectivity index (χ4n) is 1.68. The molecule has 2 N–H and O–H groups in total. The van der Waals surface area contributed by atoms with Gasteiger partial charge >= 0.3 is 0 Å². The topological polar surface area (TPSA) is 96.9 Å². The van der Waals surface area contributed by atoms with E-state index in [4.69, 9.17) is 16.6 Å². The summed E-state index contributed by atoms with van der Waals surface area (Å²) < 4.78 is 6.23. The van der Waals surface area contributed by atoms with Crippen molar-refractivity contribution >= 4 is 12.2 Å². The fourth-order valence-corrected chi connectivity index (χ4v) is 1.81. The third-order valence-electron chi connectivity index (χ3n) is 2.55. The number of aromatic amines is 1. The minimum Gasteiger partial charge on any atom is -0.505 e. The van der Waals surface area contributed by atoms with Crippen LogP contribution in [-0.4, -0.2) is 25.1 Å². The van der Waals surface area contributed by atoms with Crippen molar-refractivity contribution in [1.29, 1.82) is 0 Å². The highest BCUT2D eigenvalue weighted by Gasteiger charge is 2.15. The Morgan fingerprint density at radius 1 is 1.30 bits per heavy atom. The lowest BCUT2D eigenvalue weighted by Gasteiger charge is -2.06. The second-order valence-electron chi connectivity index (χ2n) is 3.88. The highest BCUT2D eigenvalue weighted by Crippen LogP contribution is 2.23. The van der Waals surface area contributed by atoms with E-state index in [2.05, 4.69) is 15.3 Å². The maximum atomic E-state index is 11.9. The third kappa shape index (κ3) is 2.12. The van der Waals surface area contributed by atoms with Gasteiger partial charge in [0.1, 0.15) is 0 Å². The highest BCUT2D eigenvalue weighted by atomic mass is 32.1. The summed E-state index contributed by atoms with van der Waals surface area (Å²) in [7, 11) is 0. The number of hydrogen-bond acceptors (Lipinski definition) is 6. The largest absolute Gasteiger partial charge is 0.505 e. The van der Waals surface area contributed by atoms with Gasteiger partial charge in [0.25, 0.3) is 16.3 Å². The highest BCUT2D eigenvalue weighted by molar-refractivity contribution is 7.71. The van der Waals surface area contributed by atoms with Crippen LogP contribution in [0.2, 0.25) is 0 Å². The lowest BCUT2D eigenvalue weighted by atomic mass is 10.3. The maximum Gasteiger partial charge on any atom is 0.284 e. The van der Waals surface area contributed by atoms with E-state index >= 15 is 0 Å². The van der Waals surface area contributed by atoms with Gasteiger partial charge < -0.3 is 9.52 Å². The monoisotopic (exact) mass is 288 g/mol. The molecule has 0 saturated carbocycles. The average molecular weight is 288 g/mol. The van der Waals surface area contributed by atoms with Gasteiger partial charge in [-0.1, -0.05) is 18.2 Å². The van der Waals surface area contributed by atoms with E-state index in [-0.39, 0.29) is 22.2 Å². The Kier molecular flexibility index (Phi) is 2.92. The van der Waals surface area contributed by atoms with Crippen LogP contribution in [0, 0.1) is 4.84 Å². The molecule has 0 atom stereocenters. The Balaban J connectivity index is 2.23. The molecule has 2 aromatic heterocycles. The van der Waals surface area contributed by atoms with E-state index in [0.29, 0.717) is 5.69 Å². The van der Waals surface area contributed by atoms with Crippen LogP contribution in [0.15, 0.2) is 45.6 Å². The van der Waals surface area contributed by atoms with Gasteiger partial charge in [0.15, 0.2) is 11.4 Å². The number of aromatic nitrogens is 4. The number of rotatable bonds is 2. The van der Waals surface area contributed by atoms with E-state index in [1.165, 1.54) is 0 Å². The first-order valence-corrected chi connectivity index (χ1v) is 6.00. The second kappa shape index (κ2) is 4.74. The van der Waals surface area contributed by atoms with E-state index < -0.39 is 5.56 Å². The molecule has 2 heterocycles. The van der Waals surface area contributed by atoms with Crippen LogP contribution in [0.4, 0.5) is 0 Å². The molecule has 0 aliphatic carbocycles. The molecule has 0 aliphatic heterocycles. The Morgan fingerprint density at radius 3 is 2.70 bits per heavy atom. The third-order valence-corrected chi connectivity index (χ3v) is 2.73. The van der Waals surface area contributed by atoms with Gasteiger partial charge in [-0.3, -0.25) is 4.79 Å². The molecular weight excluding hydrogens is 280 g/mol. The summed E-state index contributed by atoms with van der Waals surface area (Å²) >= 11 is 4.77. The number of benzene rings is 1. The number of para-hydroxylation sites is 1. The van der Waals surface area contributed by atoms with Crippen molar-refractivity contribution in [2.75, 3.05) is 0 Å². The van der Waals surface area contributed by atoms with Crippen LogP contribution in [0.5, 0.6) is 5.75 Å². The Morgan fingerprint density at radius 2 is 2.05 bits per heavy atom. The summed E-state index contributed by atoms with van der Waals surface area (Å²) in [4.78, 5) is 11.9. The zero-order valence-electron chi connectivity index (χ0n) is 9.98. The summed E-state index contributed by atoms with van der Waals surface area (Å²) in [5, 5.41) is 20.1. The van der Waals surface area contributed by atoms with Crippen molar-refractivity contribution in [3.63, 3.8) is 0 Å². The summed E-state index contributed by atoms with van der Waals surface area (Å²) in [6, 6.07) is 9.85. The predicted octanol–water partition coefficient (Wildman–Crippen LogP) is 1.65. The van der Waals surface area contributed by atoms with Gasteiger partial charge in [-0.25, -0.2) is 5.10 Å². The van der Waals surface area contributed by atoms with Crippen LogP contribution in [0.3, 0.4) is 0 Å². The molecule has 20 heavy (non-hydrogen) atoms. The van der Waals surface area contributed by atoms with Gasteiger partial charge in [-0.15, -0.1) is 5.10 Å². The van der Waals surface area contributed by atoms with E-state index in [1.54, 1.807) is 24.3 Å². The molecule has 0 aliphatic rings. The average Bonchev–Trinajstić information content (AvgIpc) is 2.86. The van der Waals surface area contributed by atoms with Gasteiger partial charge in [-0.05, 0) is 24.4 Å². The molecule has 8 heteroatoms. The smallest absolute Gasteiger partial charge is 0.284 e. The van der Waals surface area contributed by atoms with Crippen molar-refractivity contribution in [3.05, 3.63) is 51.6 Å². The summed E-state index contributed by atoms with van der Waals surface area (Å²) in [6.07, 6.45) is 0. The van der Waals surface area contributed by atoms with Crippen LogP contribution < -0.4 is 5.56 Å². The first-order chi connectivity index (χ1) is 9.65. The van der Waals surface area contributed by atoms with Crippen molar-refractivity contribution in [2.24, 2.45) is 0 Å². The summed E-state index contributed by atoms with van der Waals surface area (Å²) in [5.41, 5.74) is 0.125. The van der Waals surface area contributed by atoms with Gasteiger partial charge in [0, 0.05) is 6.07 Å². The number of H-pyrrole nitrogens is 1. The Labute approximate surface area is 117 Å². The zero-order valence-corrected chi connectivity index (χ0v) is 10.8. The fraction of sp³-hybridized carbons (Fsp3) is 0. The van der Waals surface area contributed by atoms with Crippen molar-refractivity contribution in [2.45, 2.75) is 0 Å². The molecule has 100 valence electrons. The molecule has 7 nitrogen and oxygen atoms in total. The second-order valence-corrected chi connectivity index (χ2v) is 4.25. The molecular formula is C12H8N4O3S. The van der Waals surface area contributed by atoms with Gasteiger partial charge in [0.2, 0.25) is 0 Å². The lowest BCUT2D eigenvalue weighted by Crippen LogP contribution is -2.20. The van der Waals surface area contributed by atoms with Gasteiger partial charge in [0.05, 0.1) is 5.69 Å². The molecule has 0 saturated heterocycles. The van der Waals surface area contributed by atoms with Crippen LogP contribution >= 0.6 is 12.2 Å². The molecule has 0 spiro atoms. The van der Waals surface area contributed by atoms with Crippen LogP contribution in [0.25, 0.3) is 17.3 Å². The number of nitrogens with one attached hydrogen (secondary N) is 1. The summed E-state index contributed by atoms with van der Waals surface area (Å²) in [5.74, 6) is -0.315. The molecule has 0 unspecified atom stereocenters.